The van der Waals surface area contributed by atoms with Crippen LogP contribution < -0.4 is 15.0 Å². The van der Waals surface area contributed by atoms with Crippen molar-refractivity contribution in [2.75, 3.05) is 44.7 Å². The number of amides is 2. The van der Waals surface area contributed by atoms with Crippen LogP contribution in [-0.2, 0) is 9.59 Å². The molecule has 0 aliphatic carbocycles. The van der Waals surface area contributed by atoms with Crippen LogP contribution in [0.1, 0.15) is 26.2 Å². The smallest absolute Gasteiger partial charge is 0.227 e. The van der Waals surface area contributed by atoms with E-state index in [0.29, 0.717) is 35.5 Å². The molecule has 1 N–H and O–H groups in total. The molecule has 0 aromatic heterocycles. The van der Waals surface area contributed by atoms with E-state index >= 15 is 0 Å². The molecule has 148 valence electrons. The van der Waals surface area contributed by atoms with Crippen molar-refractivity contribution >= 4 is 29.1 Å². The van der Waals surface area contributed by atoms with Gasteiger partial charge >= 0.3 is 0 Å². The fourth-order valence-corrected chi connectivity index (χ4v) is 4.05. The van der Waals surface area contributed by atoms with Gasteiger partial charge in [0, 0.05) is 31.1 Å². The lowest BCUT2D eigenvalue weighted by Gasteiger charge is -2.22. The molecular weight excluding hydrogens is 366 g/mol. The van der Waals surface area contributed by atoms with Gasteiger partial charge in [-0.1, -0.05) is 18.5 Å². The van der Waals surface area contributed by atoms with Crippen LogP contribution >= 0.6 is 11.6 Å². The van der Waals surface area contributed by atoms with E-state index < -0.39 is 0 Å². The van der Waals surface area contributed by atoms with E-state index in [1.165, 1.54) is 12.8 Å². The standard InChI is InChI=1S/C20H28ClN3O3/c1-14(12-23-7-3-4-8-23)11-22-20(26)15-9-19(25)24(13-15)17-10-16(21)5-6-18(17)27-2/h5-6,10,14-15H,3-4,7-9,11-13H2,1-2H3,(H,22,26). The first kappa shape index (κ1) is 20.0. The van der Waals surface area contributed by atoms with Crippen LogP contribution in [0.25, 0.3) is 0 Å². The summed E-state index contributed by atoms with van der Waals surface area (Å²) in [7, 11) is 1.55. The highest BCUT2D eigenvalue weighted by Crippen LogP contribution is 2.35. The Balaban J connectivity index is 1.55. The highest BCUT2D eigenvalue weighted by Gasteiger charge is 2.36. The third-order valence-corrected chi connectivity index (χ3v) is 5.56. The molecule has 2 saturated heterocycles. The minimum Gasteiger partial charge on any atom is -0.495 e. The number of anilines is 1. The van der Waals surface area contributed by atoms with Crippen molar-refractivity contribution < 1.29 is 14.3 Å². The van der Waals surface area contributed by atoms with Gasteiger partial charge in [0.05, 0.1) is 18.7 Å². The van der Waals surface area contributed by atoms with Gasteiger partial charge in [-0.15, -0.1) is 0 Å². The van der Waals surface area contributed by atoms with Crippen LogP contribution in [0.15, 0.2) is 18.2 Å². The van der Waals surface area contributed by atoms with Crippen molar-refractivity contribution in [3.8, 4) is 5.75 Å². The number of hydrogen-bond donors (Lipinski definition) is 1. The summed E-state index contributed by atoms with van der Waals surface area (Å²) in [6, 6.07) is 5.16. The maximum absolute atomic E-state index is 12.6. The summed E-state index contributed by atoms with van der Waals surface area (Å²) in [6.45, 7) is 6.47. The Labute approximate surface area is 165 Å². The maximum atomic E-state index is 12.6. The number of nitrogens with zero attached hydrogens (tertiary/aromatic N) is 2. The Morgan fingerprint density at radius 2 is 2.11 bits per heavy atom. The fraction of sp³-hybridized carbons (Fsp3) is 0.600. The van der Waals surface area contributed by atoms with Gasteiger partial charge in [0.25, 0.3) is 0 Å². The first-order valence-corrected chi connectivity index (χ1v) is 9.99. The van der Waals surface area contributed by atoms with Crippen molar-refractivity contribution in [2.24, 2.45) is 11.8 Å². The molecule has 2 aliphatic heterocycles. The molecule has 1 aromatic rings. The summed E-state index contributed by atoms with van der Waals surface area (Å²) in [4.78, 5) is 29.1. The second-order valence-electron chi connectivity index (χ2n) is 7.58. The monoisotopic (exact) mass is 393 g/mol. The van der Waals surface area contributed by atoms with Gasteiger partial charge in [-0.3, -0.25) is 9.59 Å². The van der Waals surface area contributed by atoms with E-state index in [1.807, 2.05) is 0 Å². The predicted molar refractivity (Wildman–Crippen MR) is 106 cm³/mol. The molecule has 2 unspecified atom stereocenters. The van der Waals surface area contributed by atoms with Gasteiger partial charge < -0.3 is 19.9 Å². The first-order chi connectivity index (χ1) is 13.0. The second kappa shape index (κ2) is 8.93. The largest absolute Gasteiger partial charge is 0.495 e. The number of halogens is 1. The molecule has 2 aliphatic rings. The minimum atomic E-state index is -0.347. The second-order valence-corrected chi connectivity index (χ2v) is 8.02. The molecule has 2 heterocycles. The summed E-state index contributed by atoms with van der Waals surface area (Å²) in [5.74, 6) is 0.488. The first-order valence-electron chi connectivity index (χ1n) is 9.62. The molecule has 2 fully saturated rings. The molecule has 1 aromatic carbocycles. The number of benzene rings is 1. The van der Waals surface area contributed by atoms with Gasteiger partial charge in [-0.05, 0) is 50.0 Å². The predicted octanol–water partition coefficient (Wildman–Crippen LogP) is 2.55. The van der Waals surface area contributed by atoms with E-state index in [9.17, 15) is 9.59 Å². The van der Waals surface area contributed by atoms with Crippen molar-refractivity contribution in [1.82, 2.24) is 10.2 Å². The molecule has 0 saturated carbocycles. The van der Waals surface area contributed by atoms with E-state index in [1.54, 1.807) is 30.2 Å². The molecule has 0 spiro atoms. The number of likely N-dealkylation sites (tertiary alicyclic amines) is 1. The van der Waals surface area contributed by atoms with E-state index in [-0.39, 0.29) is 24.2 Å². The molecule has 7 heteroatoms. The number of methoxy groups -OCH3 is 1. The molecule has 2 atom stereocenters. The quantitative estimate of drug-likeness (QED) is 0.773. The van der Waals surface area contributed by atoms with E-state index in [0.717, 1.165) is 19.6 Å². The zero-order valence-electron chi connectivity index (χ0n) is 16.0. The van der Waals surface area contributed by atoms with E-state index in [2.05, 4.69) is 17.1 Å². The van der Waals surface area contributed by atoms with Crippen LogP contribution in [0.2, 0.25) is 5.02 Å². The Kier molecular flexibility index (Phi) is 6.60. The van der Waals surface area contributed by atoms with Gasteiger partial charge in [-0.25, -0.2) is 0 Å². The number of carbonyl (C=O) groups excluding carboxylic acids is 2. The maximum Gasteiger partial charge on any atom is 0.227 e. The van der Waals surface area contributed by atoms with Crippen LogP contribution in [0.4, 0.5) is 5.69 Å². The number of carbonyl (C=O) groups is 2. The number of hydrogen-bond acceptors (Lipinski definition) is 4. The average Bonchev–Trinajstić information content (AvgIpc) is 3.29. The van der Waals surface area contributed by atoms with Crippen LogP contribution in [-0.4, -0.2) is 56.5 Å². The van der Waals surface area contributed by atoms with Crippen molar-refractivity contribution in [1.29, 1.82) is 0 Å². The molecule has 3 rings (SSSR count). The average molecular weight is 394 g/mol. The Morgan fingerprint density at radius 3 is 2.81 bits per heavy atom. The topological polar surface area (TPSA) is 61.9 Å². The zero-order valence-corrected chi connectivity index (χ0v) is 16.8. The van der Waals surface area contributed by atoms with Crippen molar-refractivity contribution in [2.45, 2.75) is 26.2 Å². The lowest BCUT2D eigenvalue weighted by molar-refractivity contribution is -0.126. The highest BCUT2D eigenvalue weighted by molar-refractivity contribution is 6.31. The highest BCUT2D eigenvalue weighted by atomic mass is 35.5. The number of rotatable bonds is 7. The fourth-order valence-electron chi connectivity index (χ4n) is 3.88. The summed E-state index contributed by atoms with van der Waals surface area (Å²) in [5.41, 5.74) is 0.618. The van der Waals surface area contributed by atoms with Crippen molar-refractivity contribution in [3.05, 3.63) is 23.2 Å². The summed E-state index contributed by atoms with van der Waals surface area (Å²) >= 11 is 6.08. The Bertz CT molecular complexity index is 691. The Hall–Kier alpha value is -1.79. The van der Waals surface area contributed by atoms with Crippen molar-refractivity contribution in [3.63, 3.8) is 0 Å². The minimum absolute atomic E-state index is 0.0554. The third-order valence-electron chi connectivity index (χ3n) is 5.32. The summed E-state index contributed by atoms with van der Waals surface area (Å²) in [6.07, 6.45) is 2.75. The molecule has 0 bridgehead atoms. The van der Waals surface area contributed by atoms with Gasteiger partial charge in [0.2, 0.25) is 11.8 Å². The molecule has 2 amide bonds. The third kappa shape index (κ3) is 4.93. The normalized spacial score (nSPS) is 21.5. The van der Waals surface area contributed by atoms with Crippen LogP contribution in [0, 0.1) is 11.8 Å². The molecule has 27 heavy (non-hydrogen) atoms. The Morgan fingerprint density at radius 1 is 1.37 bits per heavy atom. The van der Waals surface area contributed by atoms with Gasteiger partial charge in [0.15, 0.2) is 0 Å². The summed E-state index contributed by atoms with van der Waals surface area (Å²) < 4.78 is 5.34. The molecule has 6 nitrogen and oxygen atoms in total. The lowest BCUT2D eigenvalue weighted by atomic mass is 10.1. The van der Waals surface area contributed by atoms with Gasteiger partial charge in [-0.2, -0.15) is 0 Å². The SMILES string of the molecule is COc1ccc(Cl)cc1N1CC(C(=O)NCC(C)CN2CCCC2)CC1=O. The molecular formula is C20H28ClN3O3. The summed E-state index contributed by atoms with van der Waals surface area (Å²) in [5, 5.41) is 3.56. The molecule has 0 radical (unpaired) electrons. The van der Waals surface area contributed by atoms with Gasteiger partial charge in [0.1, 0.15) is 5.75 Å². The van der Waals surface area contributed by atoms with E-state index in [4.69, 9.17) is 16.3 Å². The van der Waals surface area contributed by atoms with Crippen LogP contribution in [0.3, 0.4) is 0 Å². The van der Waals surface area contributed by atoms with Crippen LogP contribution in [0.5, 0.6) is 5.75 Å². The number of ether oxygens (including phenoxy) is 1. The lowest BCUT2D eigenvalue weighted by Crippen LogP contribution is -2.38. The zero-order chi connectivity index (χ0) is 19.4. The number of nitrogens with one attached hydrogen (secondary N) is 1.